The molecule has 158 valence electrons. The third-order valence-electron chi connectivity index (χ3n) is 4.58. The lowest BCUT2D eigenvalue weighted by Gasteiger charge is -2.28. The van der Waals surface area contributed by atoms with Gasteiger partial charge >= 0.3 is 0 Å². The molecule has 2 aromatic rings. The number of carbonyl (C=O) groups is 1. The van der Waals surface area contributed by atoms with Crippen molar-refractivity contribution in [2.45, 2.75) is 33.9 Å². The highest BCUT2D eigenvalue weighted by molar-refractivity contribution is 14.0. The summed E-state index contributed by atoms with van der Waals surface area (Å²) in [7, 11) is 0. The van der Waals surface area contributed by atoms with Crippen molar-refractivity contribution in [1.29, 1.82) is 0 Å². The lowest BCUT2D eigenvalue weighted by atomic mass is 10.2. The van der Waals surface area contributed by atoms with Gasteiger partial charge in [0.15, 0.2) is 5.96 Å². The molecule has 1 saturated heterocycles. The third kappa shape index (κ3) is 6.84. The van der Waals surface area contributed by atoms with E-state index in [1.165, 1.54) is 4.88 Å². The Morgan fingerprint density at radius 3 is 2.66 bits per heavy atom. The summed E-state index contributed by atoms with van der Waals surface area (Å²) in [5.41, 5.74) is 3.29. The molecule has 3 N–H and O–H groups in total. The van der Waals surface area contributed by atoms with E-state index in [1.807, 2.05) is 6.92 Å². The van der Waals surface area contributed by atoms with Crippen LogP contribution in [0.5, 0.6) is 0 Å². The van der Waals surface area contributed by atoms with Gasteiger partial charge in [0, 0.05) is 30.2 Å². The lowest BCUT2D eigenvalue weighted by Crippen LogP contribution is -2.47. The number of rotatable bonds is 6. The number of carbonyl (C=O) groups excluding carboxylic acids is 1. The molecule has 0 unspecified atom stereocenters. The van der Waals surface area contributed by atoms with Crippen LogP contribution in [-0.2, 0) is 17.9 Å². The zero-order chi connectivity index (χ0) is 19.9. The maximum atomic E-state index is 11.5. The van der Waals surface area contributed by atoms with Crippen LogP contribution in [0, 0.1) is 13.8 Å². The topological polar surface area (TPSA) is 81.7 Å². The molecule has 0 saturated carbocycles. The number of hydrogen-bond acceptors (Lipinski definition) is 5. The third-order valence-corrected chi connectivity index (χ3v) is 5.66. The van der Waals surface area contributed by atoms with Crippen LogP contribution in [0.1, 0.15) is 28.1 Å². The molecule has 7 nitrogen and oxygen atoms in total. The Morgan fingerprint density at radius 1 is 1.28 bits per heavy atom. The van der Waals surface area contributed by atoms with Gasteiger partial charge in [-0.25, -0.2) is 9.98 Å². The van der Waals surface area contributed by atoms with Gasteiger partial charge in [0.25, 0.3) is 0 Å². The highest BCUT2D eigenvalue weighted by Crippen LogP contribution is 2.17. The zero-order valence-electron chi connectivity index (χ0n) is 17.1. The van der Waals surface area contributed by atoms with Crippen LogP contribution < -0.4 is 20.9 Å². The molecule has 3 rings (SSSR count). The Morgan fingerprint density at radius 2 is 2.03 bits per heavy atom. The molecule has 9 heteroatoms. The molecule has 1 amide bonds. The molecule has 0 radical (unpaired) electrons. The Labute approximate surface area is 193 Å². The van der Waals surface area contributed by atoms with Gasteiger partial charge in [0.2, 0.25) is 5.91 Å². The minimum absolute atomic E-state index is 0. The predicted octanol–water partition coefficient (Wildman–Crippen LogP) is 2.57. The fourth-order valence-corrected chi connectivity index (χ4v) is 3.83. The van der Waals surface area contributed by atoms with Gasteiger partial charge in [0.05, 0.1) is 25.3 Å². The molecule has 0 atom stereocenters. The molecule has 1 aromatic carbocycles. The van der Waals surface area contributed by atoms with Crippen molar-refractivity contribution < 1.29 is 4.79 Å². The van der Waals surface area contributed by atoms with Gasteiger partial charge < -0.3 is 20.9 Å². The summed E-state index contributed by atoms with van der Waals surface area (Å²) in [6, 6.07) is 8.26. The SMILES string of the molecule is CCNC(=NCc1ccc(N2CCNC(=O)C2)cc1)NCc1nc(C)c(C)s1.I. The number of benzene rings is 1. The number of aromatic nitrogens is 1. The average Bonchev–Trinajstić information content (AvgIpc) is 3.02. The van der Waals surface area contributed by atoms with Gasteiger partial charge in [-0.15, -0.1) is 35.3 Å². The smallest absolute Gasteiger partial charge is 0.239 e. The van der Waals surface area contributed by atoms with Crippen LogP contribution in [0.15, 0.2) is 29.3 Å². The van der Waals surface area contributed by atoms with Gasteiger partial charge in [-0.1, -0.05) is 12.1 Å². The van der Waals surface area contributed by atoms with Crippen molar-refractivity contribution in [3.63, 3.8) is 0 Å². The van der Waals surface area contributed by atoms with Gasteiger partial charge in [0.1, 0.15) is 5.01 Å². The standard InChI is InChI=1S/C20H28N6OS.HI/c1-4-21-20(24-12-19-25-14(2)15(3)28-19)23-11-16-5-7-17(8-6-16)26-10-9-22-18(27)13-26;/h5-8H,4,9-13H2,1-3H3,(H,22,27)(H2,21,23,24);1H. The molecule has 0 spiro atoms. The summed E-state index contributed by atoms with van der Waals surface area (Å²) in [5, 5.41) is 10.5. The number of anilines is 1. The highest BCUT2D eigenvalue weighted by atomic mass is 127. The molecule has 1 fully saturated rings. The van der Waals surface area contributed by atoms with E-state index in [9.17, 15) is 4.79 Å². The second kappa shape index (κ2) is 11.3. The quantitative estimate of drug-likeness (QED) is 0.305. The Balaban J connectivity index is 0.00000300. The Hall–Kier alpha value is -1.88. The molecular formula is C20H29IN6OS. The molecular weight excluding hydrogens is 499 g/mol. The summed E-state index contributed by atoms with van der Waals surface area (Å²) < 4.78 is 0. The Bertz CT molecular complexity index is 816. The molecule has 1 aromatic heterocycles. The van der Waals surface area contributed by atoms with Crippen LogP contribution >= 0.6 is 35.3 Å². The van der Waals surface area contributed by atoms with E-state index >= 15 is 0 Å². The van der Waals surface area contributed by atoms with E-state index in [-0.39, 0.29) is 29.9 Å². The summed E-state index contributed by atoms with van der Waals surface area (Å²) >= 11 is 1.71. The normalized spacial score (nSPS) is 14.2. The molecule has 29 heavy (non-hydrogen) atoms. The number of aliphatic imine (C=N–C) groups is 1. The number of nitrogens with zero attached hydrogens (tertiary/aromatic N) is 3. The number of nitrogens with one attached hydrogen (secondary N) is 3. The number of hydrogen-bond donors (Lipinski definition) is 3. The first-order valence-electron chi connectivity index (χ1n) is 9.61. The van der Waals surface area contributed by atoms with Crippen molar-refractivity contribution in [2.24, 2.45) is 4.99 Å². The van der Waals surface area contributed by atoms with Gasteiger partial charge in [-0.3, -0.25) is 4.79 Å². The number of halogens is 1. The molecule has 0 aliphatic carbocycles. The number of piperazine rings is 1. The summed E-state index contributed by atoms with van der Waals surface area (Å²) in [4.78, 5) is 24.1. The fraction of sp³-hybridized carbons (Fsp3) is 0.450. The number of guanidine groups is 1. The number of aryl methyl sites for hydroxylation is 2. The van der Waals surface area contributed by atoms with Crippen molar-refractivity contribution in [2.75, 3.05) is 31.1 Å². The average molecular weight is 528 g/mol. The summed E-state index contributed by atoms with van der Waals surface area (Å²) in [6.45, 7) is 10.2. The number of amides is 1. The van der Waals surface area contributed by atoms with Crippen molar-refractivity contribution in [3.05, 3.63) is 45.4 Å². The highest BCUT2D eigenvalue weighted by Gasteiger charge is 2.16. The van der Waals surface area contributed by atoms with Crippen LogP contribution in [0.2, 0.25) is 0 Å². The van der Waals surface area contributed by atoms with Gasteiger partial charge in [-0.2, -0.15) is 0 Å². The first-order chi connectivity index (χ1) is 13.5. The van der Waals surface area contributed by atoms with Crippen molar-refractivity contribution in [3.8, 4) is 0 Å². The second-order valence-electron chi connectivity index (χ2n) is 6.74. The van der Waals surface area contributed by atoms with Crippen LogP contribution in [0.3, 0.4) is 0 Å². The van der Waals surface area contributed by atoms with E-state index in [0.717, 1.165) is 41.0 Å². The van der Waals surface area contributed by atoms with Crippen molar-refractivity contribution >= 4 is 52.9 Å². The summed E-state index contributed by atoms with van der Waals surface area (Å²) in [5.74, 6) is 0.858. The van der Waals surface area contributed by atoms with Crippen molar-refractivity contribution in [1.82, 2.24) is 20.9 Å². The van der Waals surface area contributed by atoms with Crippen LogP contribution in [0.4, 0.5) is 5.69 Å². The van der Waals surface area contributed by atoms with E-state index in [2.05, 4.69) is 68.9 Å². The molecule has 0 bridgehead atoms. The monoisotopic (exact) mass is 528 g/mol. The predicted molar refractivity (Wildman–Crippen MR) is 130 cm³/mol. The van der Waals surface area contributed by atoms with E-state index in [1.54, 1.807) is 11.3 Å². The fourth-order valence-electron chi connectivity index (χ4n) is 2.96. The van der Waals surface area contributed by atoms with E-state index in [4.69, 9.17) is 0 Å². The first kappa shape index (κ1) is 23.4. The van der Waals surface area contributed by atoms with Crippen LogP contribution in [0.25, 0.3) is 0 Å². The molecule has 1 aliphatic heterocycles. The zero-order valence-corrected chi connectivity index (χ0v) is 20.3. The lowest BCUT2D eigenvalue weighted by molar-refractivity contribution is -0.120. The second-order valence-corrected chi connectivity index (χ2v) is 8.02. The minimum atomic E-state index is 0. The largest absolute Gasteiger partial charge is 0.360 e. The van der Waals surface area contributed by atoms with E-state index in [0.29, 0.717) is 26.2 Å². The summed E-state index contributed by atoms with van der Waals surface area (Å²) in [6.07, 6.45) is 0. The van der Waals surface area contributed by atoms with Gasteiger partial charge in [-0.05, 0) is 38.5 Å². The Kier molecular flexibility index (Phi) is 9.15. The van der Waals surface area contributed by atoms with E-state index < -0.39 is 0 Å². The maximum Gasteiger partial charge on any atom is 0.239 e. The maximum absolute atomic E-state index is 11.5. The molecule has 2 heterocycles. The first-order valence-corrected chi connectivity index (χ1v) is 10.4. The number of thiazole rings is 1. The molecule has 1 aliphatic rings. The van der Waals surface area contributed by atoms with Crippen LogP contribution in [-0.4, -0.2) is 43.0 Å². The minimum Gasteiger partial charge on any atom is -0.360 e.